The van der Waals surface area contributed by atoms with E-state index in [1.807, 2.05) is 4.68 Å². The van der Waals surface area contributed by atoms with E-state index in [9.17, 15) is 8.42 Å². The Hall–Kier alpha value is -2.48. The van der Waals surface area contributed by atoms with Crippen molar-refractivity contribution in [1.29, 1.82) is 0 Å². The zero-order chi connectivity index (χ0) is 19.2. The molecule has 1 aliphatic carbocycles. The predicted molar refractivity (Wildman–Crippen MR) is 103 cm³/mol. The van der Waals surface area contributed by atoms with Gasteiger partial charge in [-0.05, 0) is 68.7 Å². The minimum atomic E-state index is -3.89. The molecule has 4 rings (SSSR count). The normalized spacial score (nSPS) is 14.5. The van der Waals surface area contributed by atoms with Crippen LogP contribution in [0.1, 0.15) is 35.6 Å². The fourth-order valence-corrected chi connectivity index (χ4v) is 3.80. The van der Waals surface area contributed by atoms with Gasteiger partial charge in [-0.3, -0.25) is 0 Å². The molecule has 0 aliphatic heterocycles. The van der Waals surface area contributed by atoms with Gasteiger partial charge in [-0.25, -0.2) is 13.1 Å². The summed E-state index contributed by atoms with van der Waals surface area (Å²) >= 11 is 0. The van der Waals surface area contributed by atoms with Gasteiger partial charge in [0.1, 0.15) is 0 Å². The predicted octanol–water partition coefficient (Wildman–Crippen LogP) is 3.70. The highest BCUT2D eigenvalue weighted by Crippen LogP contribution is 2.41. The van der Waals surface area contributed by atoms with E-state index < -0.39 is 10.0 Å². The summed E-state index contributed by atoms with van der Waals surface area (Å²) in [5.41, 5.74) is 6.28. The number of aryl methyl sites for hydroxylation is 2. The van der Waals surface area contributed by atoms with Crippen LogP contribution in [0.15, 0.2) is 53.4 Å². The highest BCUT2D eigenvalue weighted by Gasteiger charge is 2.28. The summed E-state index contributed by atoms with van der Waals surface area (Å²) in [5.74, 6) is 0.508. The number of hydrogen-bond donors (Lipinski definition) is 2. The summed E-state index contributed by atoms with van der Waals surface area (Å²) in [7, 11) is -3.89. The van der Waals surface area contributed by atoms with Gasteiger partial charge in [0.25, 0.3) is 10.0 Å². The SMILES string of the molecule is Cc1ccc(C)c(-c2cc(C3CC3)nn2-c2ccc(S(=O)(=O)NO)cc2)c1. The zero-order valence-electron chi connectivity index (χ0n) is 15.2. The van der Waals surface area contributed by atoms with E-state index in [0.29, 0.717) is 5.92 Å². The van der Waals surface area contributed by atoms with Crippen molar-refractivity contribution in [2.45, 2.75) is 37.5 Å². The molecular formula is C20H21N3O3S. The van der Waals surface area contributed by atoms with Crippen LogP contribution in [0.5, 0.6) is 0 Å². The Morgan fingerprint density at radius 2 is 1.78 bits per heavy atom. The van der Waals surface area contributed by atoms with Crippen LogP contribution >= 0.6 is 0 Å². The first kappa shape index (κ1) is 17.9. The van der Waals surface area contributed by atoms with Crippen LogP contribution < -0.4 is 4.89 Å². The molecule has 140 valence electrons. The fourth-order valence-electron chi connectivity index (χ4n) is 3.20. The standard InChI is InChI=1S/C20H21N3O3S/c1-13-3-4-14(2)18(11-13)20-12-19(15-5-6-15)21-23(20)16-7-9-17(10-8-16)27(25,26)22-24/h3-4,7-12,15,22,24H,5-6H2,1-2H3. The number of nitrogens with one attached hydrogen (secondary N) is 1. The lowest BCUT2D eigenvalue weighted by Gasteiger charge is -2.11. The topological polar surface area (TPSA) is 84.2 Å². The lowest BCUT2D eigenvalue weighted by Crippen LogP contribution is -2.19. The molecule has 1 fully saturated rings. The van der Waals surface area contributed by atoms with Gasteiger partial charge in [0.15, 0.2) is 0 Å². The molecule has 0 unspecified atom stereocenters. The Morgan fingerprint density at radius 3 is 2.41 bits per heavy atom. The van der Waals surface area contributed by atoms with Crippen molar-refractivity contribution in [3.63, 3.8) is 0 Å². The molecule has 1 aliphatic rings. The maximum absolute atomic E-state index is 11.7. The summed E-state index contributed by atoms with van der Waals surface area (Å²) in [6.45, 7) is 4.14. The Morgan fingerprint density at radius 1 is 1.07 bits per heavy atom. The second-order valence-electron chi connectivity index (χ2n) is 7.05. The minimum Gasteiger partial charge on any atom is -0.302 e. The Balaban J connectivity index is 1.84. The van der Waals surface area contributed by atoms with Crippen molar-refractivity contribution in [2.24, 2.45) is 0 Å². The first-order valence-electron chi connectivity index (χ1n) is 8.83. The maximum atomic E-state index is 11.7. The maximum Gasteiger partial charge on any atom is 0.262 e. The molecule has 6 nitrogen and oxygen atoms in total. The van der Waals surface area contributed by atoms with E-state index >= 15 is 0 Å². The molecule has 0 atom stereocenters. The summed E-state index contributed by atoms with van der Waals surface area (Å²) in [6.07, 6.45) is 2.31. The first-order chi connectivity index (χ1) is 12.9. The van der Waals surface area contributed by atoms with Crippen molar-refractivity contribution in [3.05, 3.63) is 65.4 Å². The number of aromatic nitrogens is 2. The lowest BCUT2D eigenvalue weighted by atomic mass is 10.0. The molecule has 0 amide bonds. The van der Waals surface area contributed by atoms with E-state index in [1.165, 1.54) is 22.6 Å². The highest BCUT2D eigenvalue weighted by molar-refractivity contribution is 7.89. The lowest BCUT2D eigenvalue weighted by molar-refractivity contribution is 0.242. The molecule has 27 heavy (non-hydrogen) atoms. The molecule has 2 aromatic carbocycles. The molecule has 7 heteroatoms. The molecule has 1 aromatic heterocycles. The van der Waals surface area contributed by atoms with Crippen molar-refractivity contribution in [2.75, 3.05) is 0 Å². The summed E-state index contributed by atoms with van der Waals surface area (Å²) in [5, 5.41) is 13.6. The minimum absolute atomic E-state index is 0.00314. The second kappa shape index (κ2) is 6.60. The number of benzene rings is 2. The van der Waals surface area contributed by atoms with Crippen LogP contribution in [0.25, 0.3) is 16.9 Å². The summed E-state index contributed by atoms with van der Waals surface area (Å²) < 4.78 is 25.3. The van der Waals surface area contributed by atoms with Gasteiger partial charge in [0.2, 0.25) is 0 Å². The summed E-state index contributed by atoms with van der Waals surface area (Å²) in [6, 6.07) is 14.8. The van der Waals surface area contributed by atoms with Gasteiger partial charge in [0.05, 0.1) is 22.0 Å². The third-order valence-electron chi connectivity index (χ3n) is 4.90. The van der Waals surface area contributed by atoms with E-state index in [1.54, 1.807) is 12.1 Å². The largest absolute Gasteiger partial charge is 0.302 e. The molecular weight excluding hydrogens is 362 g/mol. The van der Waals surface area contributed by atoms with Crippen LogP contribution in [-0.2, 0) is 10.0 Å². The molecule has 0 saturated heterocycles. The third kappa shape index (κ3) is 3.41. The molecule has 0 radical (unpaired) electrons. The fraction of sp³-hybridized carbons (Fsp3) is 0.250. The molecule has 1 saturated carbocycles. The number of nitrogens with zero attached hydrogens (tertiary/aromatic N) is 2. The van der Waals surface area contributed by atoms with E-state index in [2.05, 4.69) is 38.1 Å². The van der Waals surface area contributed by atoms with Crippen molar-refractivity contribution in [1.82, 2.24) is 14.7 Å². The molecule has 1 heterocycles. The van der Waals surface area contributed by atoms with Crippen LogP contribution in [0.4, 0.5) is 0 Å². The van der Waals surface area contributed by atoms with Crippen LogP contribution in [0.2, 0.25) is 0 Å². The van der Waals surface area contributed by atoms with Crippen molar-refractivity contribution < 1.29 is 13.6 Å². The van der Waals surface area contributed by atoms with E-state index in [-0.39, 0.29) is 4.90 Å². The van der Waals surface area contributed by atoms with Gasteiger partial charge in [-0.2, -0.15) is 5.10 Å². The second-order valence-corrected chi connectivity index (χ2v) is 8.71. The quantitative estimate of drug-likeness (QED) is 0.658. The van der Waals surface area contributed by atoms with Crippen LogP contribution in [0, 0.1) is 13.8 Å². The molecule has 2 N–H and O–H groups in total. The molecule has 3 aromatic rings. The van der Waals surface area contributed by atoms with Gasteiger partial charge in [-0.1, -0.05) is 22.6 Å². The van der Waals surface area contributed by atoms with Crippen molar-refractivity contribution >= 4 is 10.0 Å². The Bertz CT molecular complexity index is 1100. The van der Waals surface area contributed by atoms with Crippen LogP contribution in [-0.4, -0.2) is 23.4 Å². The van der Waals surface area contributed by atoms with Gasteiger partial charge >= 0.3 is 0 Å². The monoisotopic (exact) mass is 383 g/mol. The Labute approximate surface area is 158 Å². The van der Waals surface area contributed by atoms with Crippen LogP contribution in [0.3, 0.4) is 0 Å². The average molecular weight is 383 g/mol. The number of hydrogen-bond acceptors (Lipinski definition) is 4. The van der Waals surface area contributed by atoms with Crippen molar-refractivity contribution in [3.8, 4) is 16.9 Å². The molecule has 0 bridgehead atoms. The van der Waals surface area contributed by atoms with E-state index in [4.69, 9.17) is 10.3 Å². The van der Waals surface area contributed by atoms with Gasteiger partial charge in [0, 0.05) is 11.5 Å². The number of sulfonamides is 1. The molecule has 0 spiro atoms. The van der Waals surface area contributed by atoms with E-state index in [0.717, 1.165) is 41.0 Å². The zero-order valence-corrected chi connectivity index (χ0v) is 16.0. The number of rotatable bonds is 5. The van der Waals surface area contributed by atoms with Gasteiger partial charge < -0.3 is 5.21 Å². The smallest absolute Gasteiger partial charge is 0.262 e. The van der Waals surface area contributed by atoms with Gasteiger partial charge in [-0.15, -0.1) is 0 Å². The third-order valence-corrected chi connectivity index (χ3v) is 6.04. The highest BCUT2D eigenvalue weighted by atomic mass is 32.2. The summed E-state index contributed by atoms with van der Waals surface area (Å²) in [4.78, 5) is 1.34. The Kier molecular flexibility index (Phi) is 4.38. The first-order valence-corrected chi connectivity index (χ1v) is 10.3. The average Bonchev–Trinajstić information content (AvgIpc) is 3.43.